The summed E-state index contributed by atoms with van der Waals surface area (Å²) >= 11 is 1.73. The molecule has 0 saturated carbocycles. The van der Waals surface area contributed by atoms with Crippen molar-refractivity contribution in [2.24, 2.45) is 0 Å². The minimum atomic E-state index is -1.39. The third kappa shape index (κ3) is 3.72. The van der Waals surface area contributed by atoms with Gasteiger partial charge >= 0.3 is 0 Å². The van der Waals surface area contributed by atoms with Crippen LogP contribution in [0.1, 0.15) is 36.1 Å². The van der Waals surface area contributed by atoms with E-state index < -0.39 is 17.5 Å². The Bertz CT molecular complexity index is 888. The van der Waals surface area contributed by atoms with Crippen molar-refractivity contribution in [2.75, 3.05) is 6.54 Å². The van der Waals surface area contributed by atoms with Crippen molar-refractivity contribution >= 4 is 21.4 Å². The second kappa shape index (κ2) is 7.58. The Balaban J connectivity index is 1.59. The first-order valence-electron chi connectivity index (χ1n) is 8.31. The quantitative estimate of drug-likeness (QED) is 0.424. The van der Waals surface area contributed by atoms with Crippen LogP contribution in [0.3, 0.4) is 0 Å². The molecular weight excluding hydrogens is 343 g/mol. The number of benzene rings is 2. The van der Waals surface area contributed by atoms with Crippen LogP contribution in [0.5, 0.6) is 0 Å². The Labute approximate surface area is 149 Å². The highest BCUT2D eigenvalue weighted by atomic mass is 32.1. The number of nitrogens with one attached hydrogen (secondary N) is 1. The van der Waals surface area contributed by atoms with Crippen LogP contribution < -0.4 is 5.32 Å². The van der Waals surface area contributed by atoms with Gasteiger partial charge in [0.15, 0.2) is 17.5 Å². The topological polar surface area (TPSA) is 12.0 Å². The van der Waals surface area contributed by atoms with E-state index in [-0.39, 0.29) is 11.6 Å². The number of fused-ring (bicyclic) bond motifs is 1. The SMILES string of the molecule is Cc1c(CCCNC(C)c2csc3ccccc23)cc(F)c(F)c1F. The first-order chi connectivity index (χ1) is 12.0. The van der Waals surface area contributed by atoms with Crippen LogP contribution in [0.4, 0.5) is 13.2 Å². The molecule has 1 nitrogen and oxygen atoms in total. The van der Waals surface area contributed by atoms with E-state index in [0.29, 0.717) is 18.5 Å². The van der Waals surface area contributed by atoms with E-state index in [2.05, 4.69) is 29.8 Å². The summed E-state index contributed by atoms with van der Waals surface area (Å²) in [5, 5.41) is 6.87. The molecule has 0 amide bonds. The molecule has 3 rings (SSSR count). The second-order valence-electron chi connectivity index (χ2n) is 6.24. The third-order valence-electron chi connectivity index (χ3n) is 4.57. The Hall–Kier alpha value is -1.85. The molecule has 3 aromatic rings. The summed E-state index contributed by atoms with van der Waals surface area (Å²) in [6, 6.07) is 9.58. The van der Waals surface area contributed by atoms with Gasteiger partial charge in [0.1, 0.15) is 0 Å². The molecule has 0 radical (unpaired) electrons. The van der Waals surface area contributed by atoms with Crippen LogP contribution >= 0.6 is 11.3 Å². The monoisotopic (exact) mass is 363 g/mol. The summed E-state index contributed by atoms with van der Waals surface area (Å²) in [5.41, 5.74) is 1.97. The fourth-order valence-electron chi connectivity index (χ4n) is 3.04. The van der Waals surface area contributed by atoms with Gasteiger partial charge < -0.3 is 5.32 Å². The summed E-state index contributed by atoms with van der Waals surface area (Å²) in [5.74, 6) is -3.59. The maximum Gasteiger partial charge on any atom is 0.194 e. The molecule has 0 aliphatic rings. The van der Waals surface area contributed by atoms with Gasteiger partial charge in [0.05, 0.1) is 0 Å². The highest BCUT2D eigenvalue weighted by Gasteiger charge is 2.15. The molecule has 1 atom stereocenters. The van der Waals surface area contributed by atoms with E-state index in [4.69, 9.17) is 0 Å². The van der Waals surface area contributed by atoms with Crippen molar-refractivity contribution in [1.29, 1.82) is 0 Å². The number of hydrogen-bond donors (Lipinski definition) is 1. The summed E-state index contributed by atoms with van der Waals surface area (Å²) in [6.07, 6.45) is 1.22. The lowest BCUT2D eigenvalue weighted by atomic mass is 10.0. The predicted octanol–water partition coefficient (Wildman–Crippen LogP) is 5.91. The number of aryl methyl sites for hydroxylation is 1. The standard InChI is InChI=1S/C20H20F3NS/c1-12-14(10-17(21)20(23)19(12)22)6-5-9-24-13(2)16-11-25-18-8-4-3-7-15(16)18/h3-4,7-8,10-11,13,24H,5-6,9H2,1-2H3. The molecule has 1 N–H and O–H groups in total. The van der Waals surface area contributed by atoms with Crippen LogP contribution in [0.15, 0.2) is 35.7 Å². The van der Waals surface area contributed by atoms with Gasteiger partial charge in [-0.15, -0.1) is 11.3 Å². The lowest BCUT2D eigenvalue weighted by molar-refractivity contribution is 0.440. The molecule has 0 fully saturated rings. The summed E-state index contributed by atoms with van der Waals surface area (Å²) < 4.78 is 41.4. The molecule has 2 aromatic carbocycles. The first kappa shape index (κ1) is 18.0. The van der Waals surface area contributed by atoms with E-state index >= 15 is 0 Å². The van der Waals surface area contributed by atoms with Gasteiger partial charge in [0.2, 0.25) is 0 Å². The van der Waals surface area contributed by atoms with E-state index in [9.17, 15) is 13.2 Å². The molecule has 25 heavy (non-hydrogen) atoms. The van der Waals surface area contributed by atoms with Gasteiger partial charge in [-0.25, -0.2) is 13.2 Å². The molecule has 5 heteroatoms. The normalized spacial score (nSPS) is 12.7. The summed E-state index contributed by atoms with van der Waals surface area (Å²) in [4.78, 5) is 0. The number of hydrogen-bond acceptors (Lipinski definition) is 2. The Morgan fingerprint density at radius 1 is 1.12 bits per heavy atom. The smallest absolute Gasteiger partial charge is 0.194 e. The zero-order valence-corrected chi connectivity index (χ0v) is 15.0. The van der Waals surface area contributed by atoms with Crippen LogP contribution in [-0.4, -0.2) is 6.54 Å². The predicted molar refractivity (Wildman–Crippen MR) is 97.6 cm³/mol. The van der Waals surface area contributed by atoms with Crippen LogP contribution in [0.2, 0.25) is 0 Å². The third-order valence-corrected chi connectivity index (χ3v) is 5.55. The lowest BCUT2D eigenvalue weighted by Crippen LogP contribution is -2.20. The van der Waals surface area contributed by atoms with Crippen molar-refractivity contribution in [1.82, 2.24) is 5.32 Å². The van der Waals surface area contributed by atoms with Gasteiger partial charge in [-0.2, -0.15) is 0 Å². The zero-order chi connectivity index (χ0) is 18.0. The first-order valence-corrected chi connectivity index (χ1v) is 9.19. The van der Waals surface area contributed by atoms with Gasteiger partial charge in [-0.05, 0) is 72.8 Å². The molecular formula is C20H20F3NS. The van der Waals surface area contributed by atoms with E-state index in [0.717, 1.165) is 12.5 Å². The summed E-state index contributed by atoms with van der Waals surface area (Å²) in [7, 11) is 0. The van der Waals surface area contributed by atoms with Crippen molar-refractivity contribution in [2.45, 2.75) is 32.7 Å². The minimum absolute atomic E-state index is 0.191. The summed E-state index contributed by atoms with van der Waals surface area (Å²) in [6.45, 7) is 4.31. The fourth-order valence-corrected chi connectivity index (χ4v) is 4.09. The lowest BCUT2D eigenvalue weighted by Gasteiger charge is -2.14. The number of thiophene rings is 1. The molecule has 0 spiro atoms. The molecule has 0 saturated heterocycles. The van der Waals surface area contributed by atoms with Crippen molar-refractivity contribution in [3.05, 3.63) is 69.9 Å². The average molecular weight is 363 g/mol. The minimum Gasteiger partial charge on any atom is -0.310 e. The molecule has 0 bridgehead atoms. The van der Waals surface area contributed by atoms with Crippen molar-refractivity contribution < 1.29 is 13.2 Å². The Morgan fingerprint density at radius 2 is 1.88 bits per heavy atom. The van der Waals surface area contributed by atoms with Crippen LogP contribution in [0, 0.1) is 24.4 Å². The fraction of sp³-hybridized carbons (Fsp3) is 0.300. The molecule has 0 aliphatic heterocycles. The Kier molecular flexibility index (Phi) is 5.45. The Morgan fingerprint density at radius 3 is 2.68 bits per heavy atom. The molecule has 1 aromatic heterocycles. The molecule has 1 unspecified atom stereocenters. The van der Waals surface area contributed by atoms with Gasteiger partial charge in [0, 0.05) is 10.7 Å². The van der Waals surface area contributed by atoms with Gasteiger partial charge in [-0.1, -0.05) is 18.2 Å². The van der Waals surface area contributed by atoms with E-state index in [1.54, 1.807) is 11.3 Å². The number of halogens is 3. The van der Waals surface area contributed by atoms with Gasteiger partial charge in [0.25, 0.3) is 0 Å². The average Bonchev–Trinajstić information content (AvgIpc) is 3.05. The van der Waals surface area contributed by atoms with Gasteiger partial charge in [-0.3, -0.25) is 0 Å². The van der Waals surface area contributed by atoms with E-state index in [1.807, 2.05) is 12.1 Å². The maximum atomic E-state index is 13.6. The zero-order valence-electron chi connectivity index (χ0n) is 14.2. The number of rotatable bonds is 6. The molecule has 1 heterocycles. The van der Waals surface area contributed by atoms with Crippen LogP contribution in [-0.2, 0) is 6.42 Å². The molecule has 0 aliphatic carbocycles. The molecule has 132 valence electrons. The highest BCUT2D eigenvalue weighted by Crippen LogP contribution is 2.30. The largest absolute Gasteiger partial charge is 0.310 e. The van der Waals surface area contributed by atoms with Crippen molar-refractivity contribution in [3.63, 3.8) is 0 Å². The highest BCUT2D eigenvalue weighted by molar-refractivity contribution is 7.17. The maximum absolute atomic E-state index is 13.6. The second-order valence-corrected chi connectivity index (χ2v) is 7.15. The van der Waals surface area contributed by atoms with E-state index in [1.165, 1.54) is 22.6 Å². The van der Waals surface area contributed by atoms with Crippen molar-refractivity contribution in [3.8, 4) is 0 Å². The van der Waals surface area contributed by atoms with Crippen LogP contribution in [0.25, 0.3) is 10.1 Å².